The number of anilines is 1. The van der Waals surface area contributed by atoms with Crippen LogP contribution < -0.4 is 10.5 Å². The number of nitrogens with one attached hydrogen (secondary N) is 1. The van der Waals surface area contributed by atoms with Crippen molar-refractivity contribution < 1.29 is 4.21 Å². The predicted molar refractivity (Wildman–Crippen MR) is 54.9 cm³/mol. The third kappa shape index (κ3) is 2.01. The van der Waals surface area contributed by atoms with Gasteiger partial charge in [0, 0.05) is 41.5 Å². The number of aromatic amines is 1. The van der Waals surface area contributed by atoms with E-state index in [1.54, 1.807) is 6.20 Å². The summed E-state index contributed by atoms with van der Waals surface area (Å²) in [6.07, 6.45) is 1.62. The molecule has 0 amide bonds. The van der Waals surface area contributed by atoms with Gasteiger partial charge in [-0.3, -0.25) is 9.00 Å². The van der Waals surface area contributed by atoms with E-state index in [1.807, 2.05) is 4.90 Å². The van der Waals surface area contributed by atoms with Gasteiger partial charge in [0.2, 0.25) is 0 Å². The largest absolute Gasteiger partial charge is 0.368 e. The van der Waals surface area contributed by atoms with E-state index in [9.17, 15) is 9.00 Å². The molecule has 76 valence electrons. The third-order valence-corrected chi connectivity index (χ3v) is 3.47. The molecule has 1 aliphatic rings. The predicted octanol–water partition coefficient (Wildman–Crippen LogP) is -0.661. The molecule has 2 rings (SSSR count). The molecule has 1 aromatic heterocycles. The zero-order valence-electron chi connectivity index (χ0n) is 7.60. The van der Waals surface area contributed by atoms with Crippen LogP contribution in [0.5, 0.6) is 0 Å². The summed E-state index contributed by atoms with van der Waals surface area (Å²) in [5.41, 5.74) is 0.611. The van der Waals surface area contributed by atoms with Crippen LogP contribution in [0, 0.1) is 0 Å². The Morgan fingerprint density at radius 2 is 2.14 bits per heavy atom. The highest BCUT2D eigenvalue weighted by Crippen LogP contribution is 2.11. The number of hydrogen-bond donors (Lipinski definition) is 1. The van der Waals surface area contributed by atoms with Crippen molar-refractivity contribution in [3.8, 4) is 0 Å². The van der Waals surface area contributed by atoms with Crippen LogP contribution in [0.4, 0.5) is 5.69 Å². The van der Waals surface area contributed by atoms with Crippen LogP contribution in [-0.4, -0.2) is 39.0 Å². The van der Waals surface area contributed by atoms with E-state index in [4.69, 9.17) is 0 Å². The van der Waals surface area contributed by atoms with Gasteiger partial charge in [0.1, 0.15) is 0 Å². The molecule has 0 bridgehead atoms. The Labute approximate surface area is 83.6 Å². The Morgan fingerprint density at radius 1 is 1.43 bits per heavy atom. The Morgan fingerprint density at radius 3 is 2.79 bits per heavy atom. The topological polar surface area (TPSA) is 66.1 Å². The van der Waals surface area contributed by atoms with Gasteiger partial charge < -0.3 is 4.90 Å². The maximum Gasteiger partial charge on any atom is 0.266 e. The van der Waals surface area contributed by atoms with E-state index in [0.717, 1.165) is 18.8 Å². The SMILES string of the molecule is O=c1cc(N2CCS(=O)CC2)cn[nH]1. The highest BCUT2D eigenvalue weighted by molar-refractivity contribution is 7.85. The van der Waals surface area contributed by atoms with Crippen LogP contribution in [0.2, 0.25) is 0 Å². The lowest BCUT2D eigenvalue weighted by atomic mass is 10.4. The van der Waals surface area contributed by atoms with Gasteiger partial charge in [0.05, 0.1) is 11.9 Å². The first kappa shape index (κ1) is 9.39. The average molecular weight is 213 g/mol. The number of rotatable bonds is 1. The average Bonchev–Trinajstić information content (AvgIpc) is 2.19. The van der Waals surface area contributed by atoms with Gasteiger partial charge >= 0.3 is 0 Å². The molecule has 6 heteroatoms. The van der Waals surface area contributed by atoms with Gasteiger partial charge in [-0.1, -0.05) is 0 Å². The van der Waals surface area contributed by atoms with Gasteiger partial charge in [-0.15, -0.1) is 0 Å². The lowest BCUT2D eigenvalue weighted by Crippen LogP contribution is -2.38. The number of hydrogen-bond acceptors (Lipinski definition) is 4. The molecule has 2 heterocycles. The second-order valence-electron chi connectivity index (χ2n) is 3.14. The highest BCUT2D eigenvalue weighted by atomic mass is 32.2. The molecule has 1 aliphatic heterocycles. The van der Waals surface area contributed by atoms with Crippen LogP contribution in [0.25, 0.3) is 0 Å². The molecule has 1 fully saturated rings. The zero-order valence-corrected chi connectivity index (χ0v) is 8.42. The molecular formula is C8H11N3O2S. The second-order valence-corrected chi connectivity index (χ2v) is 4.83. The van der Waals surface area contributed by atoms with Gasteiger partial charge in [-0.05, 0) is 0 Å². The molecule has 14 heavy (non-hydrogen) atoms. The maximum absolute atomic E-state index is 11.1. The van der Waals surface area contributed by atoms with E-state index >= 15 is 0 Å². The highest BCUT2D eigenvalue weighted by Gasteiger charge is 2.15. The molecule has 0 aromatic carbocycles. The first-order chi connectivity index (χ1) is 6.75. The first-order valence-electron chi connectivity index (χ1n) is 4.40. The molecule has 5 nitrogen and oxygen atoms in total. The summed E-state index contributed by atoms with van der Waals surface area (Å²) in [7, 11) is -0.688. The molecule has 0 saturated carbocycles. The molecular weight excluding hydrogens is 202 g/mol. The van der Waals surface area contributed by atoms with E-state index in [-0.39, 0.29) is 5.56 Å². The molecule has 0 unspecified atom stereocenters. The lowest BCUT2D eigenvalue weighted by molar-refractivity contribution is 0.673. The minimum absolute atomic E-state index is 0.200. The zero-order chi connectivity index (χ0) is 9.97. The van der Waals surface area contributed by atoms with Crippen molar-refractivity contribution in [1.82, 2.24) is 10.2 Å². The molecule has 0 aliphatic carbocycles. The summed E-state index contributed by atoms with van der Waals surface area (Å²) in [5, 5.41) is 6.05. The monoisotopic (exact) mass is 213 g/mol. The number of nitrogens with zero attached hydrogens (tertiary/aromatic N) is 2. The van der Waals surface area contributed by atoms with Crippen molar-refractivity contribution in [3.05, 3.63) is 22.6 Å². The van der Waals surface area contributed by atoms with Crippen molar-refractivity contribution >= 4 is 16.5 Å². The fourth-order valence-electron chi connectivity index (χ4n) is 1.43. The Kier molecular flexibility index (Phi) is 2.62. The van der Waals surface area contributed by atoms with Crippen molar-refractivity contribution in [2.45, 2.75) is 0 Å². The fraction of sp³-hybridized carbons (Fsp3) is 0.500. The van der Waals surface area contributed by atoms with Gasteiger partial charge in [-0.2, -0.15) is 5.10 Å². The number of aromatic nitrogens is 2. The van der Waals surface area contributed by atoms with Crippen molar-refractivity contribution in [2.75, 3.05) is 29.5 Å². The standard InChI is InChI=1S/C8H11N3O2S/c12-8-5-7(6-9-10-8)11-1-3-14(13)4-2-11/h5-6H,1-4H2,(H,10,12). The summed E-state index contributed by atoms with van der Waals surface area (Å²) in [5.74, 6) is 1.35. The normalized spacial score (nSPS) is 18.4. The summed E-state index contributed by atoms with van der Waals surface area (Å²) in [4.78, 5) is 13.0. The van der Waals surface area contributed by atoms with E-state index in [1.165, 1.54) is 6.07 Å². The van der Waals surface area contributed by atoms with Crippen molar-refractivity contribution in [2.24, 2.45) is 0 Å². The Balaban J connectivity index is 2.16. The molecule has 0 atom stereocenters. The first-order valence-corrected chi connectivity index (χ1v) is 5.89. The molecule has 1 N–H and O–H groups in total. The van der Waals surface area contributed by atoms with Crippen LogP contribution in [0.15, 0.2) is 17.1 Å². The smallest absolute Gasteiger partial charge is 0.266 e. The fourth-order valence-corrected chi connectivity index (χ4v) is 2.49. The third-order valence-electron chi connectivity index (χ3n) is 2.19. The maximum atomic E-state index is 11.1. The molecule has 1 aromatic rings. The molecule has 0 spiro atoms. The van der Waals surface area contributed by atoms with Crippen LogP contribution in [-0.2, 0) is 10.8 Å². The van der Waals surface area contributed by atoms with E-state index in [0.29, 0.717) is 11.5 Å². The minimum atomic E-state index is -0.688. The molecule has 0 radical (unpaired) electrons. The van der Waals surface area contributed by atoms with Gasteiger partial charge in [-0.25, -0.2) is 5.10 Å². The van der Waals surface area contributed by atoms with Crippen molar-refractivity contribution in [1.29, 1.82) is 0 Å². The summed E-state index contributed by atoms with van der Waals surface area (Å²) < 4.78 is 11.1. The van der Waals surface area contributed by atoms with Crippen LogP contribution in [0.1, 0.15) is 0 Å². The molecule has 1 saturated heterocycles. The number of H-pyrrole nitrogens is 1. The summed E-state index contributed by atoms with van der Waals surface area (Å²) >= 11 is 0. The van der Waals surface area contributed by atoms with E-state index in [2.05, 4.69) is 10.2 Å². The second kappa shape index (κ2) is 3.91. The van der Waals surface area contributed by atoms with Gasteiger partial charge in [0.25, 0.3) is 5.56 Å². The van der Waals surface area contributed by atoms with Crippen molar-refractivity contribution in [3.63, 3.8) is 0 Å². The van der Waals surface area contributed by atoms with Gasteiger partial charge in [0.15, 0.2) is 0 Å². The summed E-state index contributed by atoms with van der Waals surface area (Å²) in [6, 6.07) is 1.52. The minimum Gasteiger partial charge on any atom is -0.368 e. The van der Waals surface area contributed by atoms with Crippen LogP contribution >= 0.6 is 0 Å². The quantitative estimate of drug-likeness (QED) is 0.672. The lowest BCUT2D eigenvalue weighted by Gasteiger charge is -2.27. The Hall–Kier alpha value is -1.17. The summed E-state index contributed by atoms with van der Waals surface area (Å²) in [6.45, 7) is 1.47. The van der Waals surface area contributed by atoms with Crippen LogP contribution in [0.3, 0.4) is 0 Å². The van der Waals surface area contributed by atoms with E-state index < -0.39 is 10.8 Å². The Bertz CT molecular complexity index is 394.